The van der Waals surface area contributed by atoms with Crippen LogP contribution >= 0.6 is 15.9 Å². The topological polar surface area (TPSA) is 16.1 Å². The van der Waals surface area contributed by atoms with Gasteiger partial charge in [0.1, 0.15) is 5.82 Å². The van der Waals surface area contributed by atoms with Gasteiger partial charge in [0.15, 0.2) is 0 Å². The zero-order chi connectivity index (χ0) is 11.0. The van der Waals surface area contributed by atoms with Crippen LogP contribution in [0.4, 0.5) is 5.82 Å². The first-order valence-corrected chi connectivity index (χ1v) is 6.24. The summed E-state index contributed by atoms with van der Waals surface area (Å²) in [6.07, 6.45) is 1.88. The fourth-order valence-electron chi connectivity index (χ4n) is 1.97. The van der Waals surface area contributed by atoms with Crippen LogP contribution in [0.1, 0.15) is 19.4 Å². The van der Waals surface area contributed by atoms with Gasteiger partial charge >= 0.3 is 0 Å². The van der Waals surface area contributed by atoms with Crippen LogP contribution in [0.15, 0.2) is 16.7 Å². The van der Waals surface area contributed by atoms with E-state index in [1.807, 2.05) is 6.20 Å². The Kier molecular flexibility index (Phi) is 3.01. The van der Waals surface area contributed by atoms with Crippen molar-refractivity contribution in [3.05, 3.63) is 22.3 Å². The molecule has 0 atom stereocenters. The number of hydrogen-bond acceptors (Lipinski definition) is 2. The Morgan fingerprint density at radius 3 is 2.67 bits per heavy atom. The van der Waals surface area contributed by atoms with Crippen molar-refractivity contribution in [2.45, 2.75) is 20.8 Å². The van der Waals surface area contributed by atoms with E-state index in [4.69, 9.17) is 0 Å². The molecule has 1 saturated heterocycles. The molecule has 0 saturated carbocycles. The van der Waals surface area contributed by atoms with Gasteiger partial charge in [-0.05, 0) is 46.3 Å². The lowest BCUT2D eigenvalue weighted by atomic mass is 9.88. The van der Waals surface area contributed by atoms with Crippen molar-refractivity contribution in [3.63, 3.8) is 0 Å². The van der Waals surface area contributed by atoms with Gasteiger partial charge in [-0.2, -0.15) is 0 Å². The SMILES string of the molecule is Cc1cc(Br)cnc1N1CC(C(C)C)C1. The van der Waals surface area contributed by atoms with Gasteiger partial charge < -0.3 is 4.90 Å². The molecule has 0 bridgehead atoms. The van der Waals surface area contributed by atoms with Crippen molar-refractivity contribution in [3.8, 4) is 0 Å². The van der Waals surface area contributed by atoms with Crippen LogP contribution in [0.5, 0.6) is 0 Å². The van der Waals surface area contributed by atoms with E-state index in [2.05, 4.69) is 52.7 Å². The minimum absolute atomic E-state index is 0.789. The molecule has 0 unspecified atom stereocenters. The molecule has 0 amide bonds. The van der Waals surface area contributed by atoms with Crippen LogP contribution in [0.25, 0.3) is 0 Å². The normalized spacial score (nSPS) is 17.0. The second-order valence-electron chi connectivity index (χ2n) is 4.70. The predicted molar refractivity (Wildman–Crippen MR) is 67.2 cm³/mol. The van der Waals surface area contributed by atoms with Crippen molar-refractivity contribution < 1.29 is 0 Å². The van der Waals surface area contributed by atoms with E-state index in [9.17, 15) is 0 Å². The molecule has 82 valence electrons. The van der Waals surface area contributed by atoms with Crippen LogP contribution in [0.3, 0.4) is 0 Å². The maximum Gasteiger partial charge on any atom is 0.131 e. The van der Waals surface area contributed by atoms with Crippen molar-refractivity contribution in [1.29, 1.82) is 0 Å². The van der Waals surface area contributed by atoms with Crippen LogP contribution < -0.4 is 4.90 Å². The third-order valence-corrected chi connectivity index (χ3v) is 3.60. The zero-order valence-corrected chi connectivity index (χ0v) is 11.1. The Morgan fingerprint density at radius 2 is 2.13 bits per heavy atom. The number of halogens is 1. The maximum absolute atomic E-state index is 4.47. The highest BCUT2D eigenvalue weighted by atomic mass is 79.9. The fraction of sp³-hybridized carbons (Fsp3) is 0.583. The van der Waals surface area contributed by atoms with E-state index in [-0.39, 0.29) is 0 Å². The van der Waals surface area contributed by atoms with Gasteiger partial charge in [0.2, 0.25) is 0 Å². The Bertz CT molecular complexity index is 357. The third-order valence-electron chi connectivity index (χ3n) is 3.17. The molecule has 0 aliphatic carbocycles. The Hall–Kier alpha value is -0.570. The van der Waals surface area contributed by atoms with E-state index >= 15 is 0 Å². The molecule has 15 heavy (non-hydrogen) atoms. The van der Waals surface area contributed by atoms with Crippen LogP contribution in [-0.4, -0.2) is 18.1 Å². The number of rotatable bonds is 2. The molecular weight excluding hydrogens is 252 g/mol. The third kappa shape index (κ3) is 2.17. The molecule has 1 aliphatic heterocycles. The Balaban J connectivity index is 2.07. The van der Waals surface area contributed by atoms with Crippen molar-refractivity contribution in [2.75, 3.05) is 18.0 Å². The van der Waals surface area contributed by atoms with Gasteiger partial charge in [-0.25, -0.2) is 4.98 Å². The average molecular weight is 269 g/mol. The largest absolute Gasteiger partial charge is 0.356 e. The lowest BCUT2D eigenvalue weighted by Gasteiger charge is -2.43. The fourth-order valence-corrected chi connectivity index (χ4v) is 2.42. The Morgan fingerprint density at radius 1 is 1.47 bits per heavy atom. The first-order valence-electron chi connectivity index (χ1n) is 5.45. The maximum atomic E-state index is 4.47. The van der Waals surface area contributed by atoms with Gasteiger partial charge in [-0.15, -0.1) is 0 Å². The van der Waals surface area contributed by atoms with Crippen molar-refractivity contribution in [2.24, 2.45) is 11.8 Å². The molecule has 1 aromatic rings. The lowest BCUT2D eigenvalue weighted by molar-refractivity contribution is 0.308. The summed E-state index contributed by atoms with van der Waals surface area (Å²) in [6, 6.07) is 2.13. The Labute approximate surface area is 99.8 Å². The number of aromatic nitrogens is 1. The zero-order valence-electron chi connectivity index (χ0n) is 9.50. The predicted octanol–water partition coefficient (Wildman–Crippen LogP) is 3.24. The van der Waals surface area contributed by atoms with Gasteiger partial charge in [0, 0.05) is 23.8 Å². The van der Waals surface area contributed by atoms with Crippen LogP contribution in [0, 0.1) is 18.8 Å². The van der Waals surface area contributed by atoms with Crippen molar-refractivity contribution >= 4 is 21.7 Å². The average Bonchev–Trinajstić information content (AvgIpc) is 2.05. The van der Waals surface area contributed by atoms with Crippen LogP contribution in [0.2, 0.25) is 0 Å². The highest BCUT2D eigenvalue weighted by molar-refractivity contribution is 9.10. The van der Waals surface area contributed by atoms with Crippen LogP contribution in [-0.2, 0) is 0 Å². The van der Waals surface area contributed by atoms with E-state index in [0.29, 0.717) is 0 Å². The standard InChI is InChI=1S/C12H17BrN2/c1-8(2)10-6-15(7-10)12-9(3)4-11(13)5-14-12/h4-5,8,10H,6-7H2,1-3H3. The minimum atomic E-state index is 0.789. The van der Waals surface area contributed by atoms with E-state index in [0.717, 1.165) is 35.2 Å². The monoisotopic (exact) mass is 268 g/mol. The molecule has 0 radical (unpaired) electrons. The highest BCUT2D eigenvalue weighted by Gasteiger charge is 2.30. The summed E-state index contributed by atoms with van der Waals surface area (Å²) in [5.74, 6) is 2.78. The summed E-state index contributed by atoms with van der Waals surface area (Å²) < 4.78 is 1.06. The minimum Gasteiger partial charge on any atom is -0.356 e. The van der Waals surface area contributed by atoms with Gasteiger partial charge in [0.25, 0.3) is 0 Å². The number of anilines is 1. The summed E-state index contributed by atoms with van der Waals surface area (Å²) in [7, 11) is 0. The molecule has 0 aromatic carbocycles. The molecule has 1 aliphatic rings. The van der Waals surface area contributed by atoms with E-state index < -0.39 is 0 Å². The quantitative estimate of drug-likeness (QED) is 0.819. The number of nitrogens with zero attached hydrogens (tertiary/aromatic N) is 2. The molecular formula is C12H17BrN2. The van der Waals surface area contributed by atoms with Gasteiger partial charge in [-0.1, -0.05) is 13.8 Å². The van der Waals surface area contributed by atoms with E-state index in [1.54, 1.807) is 0 Å². The molecule has 2 rings (SSSR count). The summed E-state index contributed by atoms with van der Waals surface area (Å²) >= 11 is 3.44. The molecule has 0 N–H and O–H groups in total. The van der Waals surface area contributed by atoms with E-state index in [1.165, 1.54) is 5.56 Å². The number of pyridine rings is 1. The lowest BCUT2D eigenvalue weighted by Crippen LogP contribution is -2.49. The molecule has 2 heterocycles. The smallest absolute Gasteiger partial charge is 0.131 e. The second kappa shape index (κ2) is 4.12. The summed E-state index contributed by atoms with van der Waals surface area (Å²) in [5.41, 5.74) is 1.26. The first-order chi connectivity index (χ1) is 7.08. The second-order valence-corrected chi connectivity index (χ2v) is 5.62. The molecule has 2 nitrogen and oxygen atoms in total. The number of hydrogen-bond donors (Lipinski definition) is 0. The van der Waals surface area contributed by atoms with Crippen molar-refractivity contribution in [1.82, 2.24) is 4.98 Å². The highest BCUT2D eigenvalue weighted by Crippen LogP contribution is 2.30. The molecule has 3 heteroatoms. The van der Waals surface area contributed by atoms with Gasteiger partial charge in [0.05, 0.1) is 0 Å². The summed E-state index contributed by atoms with van der Waals surface area (Å²) in [5, 5.41) is 0. The molecule has 0 spiro atoms. The summed E-state index contributed by atoms with van der Waals surface area (Å²) in [4.78, 5) is 6.84. The summed E-state index contributed by atoms with van der Waals surface area (Å²) in [6.45, 7) is 9.03. The number of aryl methyl sites for hydroxylation is 1. The van der Waals surface area contributed by atoms with Gasteiger partial charge in [-0.3, -0.25) is 0 Å². The first kappa shape index (κ1) is 10.9. The molecule has 1 aromatic heterocycles. The molecule has 1 fully saturated rings.